The minimum Gasteiger partial charge on any atom is -0.350 e. The number of fused-ring (bicyclic) bond motifs is 1. The van der Waals surface area contributed by atoms with Gasteiger partial charge in [0.15, 0.2) is 0 Å². The topological polar surface area (TPSA) is 33.1 Å². The number of aromatic nitrogens is 1. The fourth-order valence-electron chi connectivity index (χ4n) is 1.72. The van der Waals surface area contributed by atoms with E-state index in [1.165, 1.54) is 0 Å². The molecule has 0 saturated carbocycles. The summed E-state index contributed by atoms with van der Waals surface area (Å²) in [4.78, 5) is 3.16. The summed E-state index contributed by atoms with van der Waals surface area (Å²) in [6.45, 7) is 6.85. The second-order valence-corrected chi connectivity index (χ2v) is 3.47. The number of para-hydroxylation sites is 1. The second kappa shape index (κ2) is 3.92. The molecule has 0 unspecified atom stereocenters. The molecule has 3 heteroatoms. The van der Waals surface area contributed by atoms with Crippen molar-refractivity contribution >= 4 is 17.0 Å². The fourth-order valence-corrected chi connectivity index (χ4v) is 1.72. The summed E-state index contributed by atoms with van der Waals surface area (Å²) in [5.41, 5.74) is 2.11. The lowest BCUT2D eigenvalue weighted by molar-refractivity contribution is 0.968. The van der Waals surface area contributed by atoms with Crippen LogP contribution in [-0.4, -0.2) is 4.57 Å². The van der Waals surface area contributed by atoms with Gasteiger partial charge in [-0.05, 0) is 17.7 Å². The van der Waals surface area contributed by atoms with E-state index in [2.05, 4.69) is 4.85 Å². The largest absolute Gasteiger partial charge is 0.350 e. The van der Waals surface area contributed by atoms with Crippen molar-refractivity contribution in [1.29, 1.82) is 5.26 Å². The van der Waals surface area contributed by atoms with Crippen molar-refractivity contribution in [2.45, 2.75) is 0 Å². The average molecular weight is 207 g/mol. The lowest BCUT2D eigenvalue weighted by atomic mass is 10.1. The number of allylic oxidation sites excluding steroid dienone is 1. The zero-order valence-corrected chi connectivity index (χ0v) is 8.81. The molecule has 0 fully saturated rings. The number of nitrogens with zero attached hydrogens (tertiary/aromatic N) is 3. The molecule has 3 nitrogen and oxygen atoms in total. The normalized spacial score (nSPS) is 11.1. The molecule has 0 aliphatic carbocycles. The Bertz CT molecular complexity index is 632. The van der Waals surface area contributed by atoms with Gasteiger partial charge in [0.05, 0.1) is 12.6 Å². The Morgan fingerprint density at radius 3 is 2.94 bits per heavy atom. The van der Waals surface area contributed by atoms with Gasteiger partial charge in [0.25, 0.3) is 5.70 Å². The summed E-state index contributed by atoms with van der Waals surface area (Å²) in [7, 11) is 1.95. The number of benzene rings is 1. The summed E-state index contributed by atoms with van der Waals surface area (Å²) in [6, 6.07) is 9.78. The van der Waals surface area contributed by atoms with Crippen LogP contribution in [-0.2, 0) is 7.05 Å². The number of aryl methyl sites for hydroxylation is 1. The number of nitriles is 1. The highest BCUT2D eigenvalue weighted by molar-refractivity contribution is 5.90. The van der Waals surface area contributed by atoms with Crippen molar-refractivity contribution in [2.75, 3.05) is 0 Å². The highest BCUT2D eigenvalue weighted by Crippen LogP contribution is 2.22. The Hall–Kier alpha value is -2.52. The van der Waals surface area contributed by atoms with Crippen LogP contribution >= 0.6 is 0 Å². The lowest BCUT2D eigenvalue weighted by Crippen LogP contribution is -1.81. The molecule has 0 spiro atoms. The Balaban J connectivity index is 2.69. The van der Waals surface area contributed by atoms with E-state index in [9.17, 15) is 0 Å². The predicted molar refractivity (Wildman–Crippen MR) is 63.1 cm³/mol. The zero-order valence-electron chi connectivity index (χ0n) is 8.81. The van der Waals surface area contributed by atoms with E-state index < -0.39 is 0 Å². The molecular formula is C13H9N3. The summed E-state index contributed by atoms with van der Waals surface area (Å²) in [5, 5.41) is 9.78. The molecule has 76 valence electrons. The first-order valence-electron chi connectivity index (χ1n) is 4.79. The molecule has 2 rings (SSSR count). The van der Waals surface area contributed by atoms with Gasteiger partial charge in [-0.2, -0.15) is 0 Å². The third kappa shape index (κ3) is 1.55. The van der Waals surface area contributed by atoms with E-state index in [0.717, 1.165) is 16.5 Å². The minimum absolute atomic E-state index is 0.108. The highest BCUT2D eigenvalue weighted by Gasteiger charge is 2.04. The fraction of sp³-hybridized carbons (Fsp3) is 0.0769. The number of hydrogen-bond acceptors (Lipinski definition) is 1. The van der Waals surface area contributed by atoms with Crippen molar-refractivity contribution in [3.63, 3.8) is 0 Å². The third-order valence-electron chi connectivity index (χ3n) is 2.45. The summed E-state index contributed by atoms with van der Waals surface area (Å²) < 4.78 is 1.99. The molecule has 1 aromatic carbocycles. The molecule has 0 atom stereocenters. The molecule has 16 heavy (non-hydrogen) atoms. The summed E-state index contributed by atoms with van der Waals surface area (Å²) >= 11 is 0. The molecule has 0 aliphatic heterocycles. The van der Waals surface area contributed by atoms with E-state index in [1.54, 1.807) is 6.08 Å². The van der Waals surface area contributed by atoms with Crippen LogP contribution in [0.1, 0.15) is 5.56 Å². The maximum atomic E-state index is 8.73. The first-order valence-corrected chi connectivity index (χ1v) is 4.79. The highest BCUT2D eigenvalue weighted by atomic mass is 14.9. The van der Waals surface area contributed by atoms with Crippen LogP contribution in [0.25, 0.3) is 21.8 Å². The van der Waals surface area contributed by atoms with Gasteiger partial charge in [-0.1, -0.05) is 18.2 Å². The van der Waals surface area contributed by atoms with Crippen molar-refractivity contribution in [1.82, 2.24) is 4.57 Å². The SMILES string of the molecule is [C-]#[N+]/C(C#N)=C\c1cn(C)c2ccccc12. The van der Waals surface area contributed by atoms with Gasteiger partial charge in [-0.15, -0.1) is 0 Å². The standard InChI is InChI=1S/C13H9N3/c1-15-11(8-14)7-10-9-16(2)13-6-4-3-5-12(10)13/h3-7,9H,2H3/b11-7-. The molecular weight excluding hydrogens is 198 g/mol. The van der Waals surface area contributed by atoms with E-state index in [4.69, 9.17) is 11.8 Å². The van der Waals surface area contributed by atoms with Crippen molar-refractivity contribution < 1.29 is 0 Å². The van der Waals surface area contributed by atoms with Crippen LogP contribution in [0.2, 0.25) is 0 Å². The van der Waals surface area contributed by atoms with Crippen LogP contribution in [0.15, 0.2) is 36.2 Å². The summed E-state index contributed by atoms with van der Waals surface area (Å²) in [6.07, 6.45) is 3.54. The Labute approximate surface area is 93.7 Å². The Morgan fingerprint density at radius 2 is 2.25 bits per heavy atom. The van der Waals surface area contributed by atoms with E-state index in [-0.39, 0.29) is 5.70 Å². The first-order chi connectivity index (χ1) is 7.76. The van der Waals surface area contributed by atoms with E-state index >= 15 is 0 Å². The van der Waals surface area contributed by atoms with Gasteiger partial charge in [-0.3, -0.25) is 0 Å². The van der Waals surface area contributed by atoms with Gasteiger partial charge >= 0.3 is 0 Å². The van der Waals surface area contributed by atoms with Gasteiger partial charge in [0.1, 0.15) is 0 Å². The average Bonchev–Trinajstić information content (AvgIpc) is 2.64. The molecule has 0 radical (unpaired) electrons. The molecule has 0 amide bonds. The number of hydrogen-bond donors (Lipinski definition) is 0. The monoisotopic (exact) mass is 207 g/mol. The van der Waals surface area contributed by atoms with Crippen molar-refractivity contribution in [2.24, 2.45) is 7.05 Å². The van der Waals surface area contributed by atoms with Gasteiger partial charge in [0, 0.05) is 24.1 Å². The maximum absolute atomic E-state index is 8.73. The van der Waals surface area contributed by atoms with Gasteiger partial charge in [0.2, 0.25) is 0 Å². The quantitative estimate of drug-likeness (QED) is 0.522. The first kappa shape index (κ1) is 10.0. The second-order valence-electron chi connectivity index (χ2n) is 3.47. The molecule has 0 aliphatic rings. The van der Waals surface area contributed by atoms with Gasteiger partial charge < -0.3 is 4.57 Å². The van der Waals surface area contributed by atoms with Crippen LogP contribution < -0.4 is 0 Å². The number of rotatable bonds is 1. The predicted octanol–water partition coefficient (Wildman–Crippen LogP) is 2.96. The van der Waals surface area contributed by atoms with E-state index in [1.807, 2.05) is 48.1 Å². The van der Waals surface area contributed by atoms with E-state index in [0.29, 0.717) is 0 Å². The minimum atomic E-state index is 0.108. The van der Waals surface area contributed by atoms with Crippen LogP contribution in [0.3, 0.4) is 0 Å². The molecule has 1 aromatic heterocycles. The zero-order chi connectivity index (χ0) is 11.5. The molecule has 2 aromatic rings. The smallest absolute Gasteiger partial charge is 0.262 e. The van der Waals surface area contributed by atoms with Crippen LogP contribution in [0, 0.1) is 17.9 Å². The Morgan fingerprint density at radius 1 is 1.50 bits per heavy atom. The molecule has 0 N–H and O–H groups in total. The Kier molecular flexibility index (Phi) is 2.45. The molecule has 1 heterocycles. The van der Waals surface area contributed by atoms with Gasteiger partial charge in [-0.25, -0.2) is 10.1 Å². The van der Waals surface area contributed by atoms with Crippen LogP contribution in [0.5, 0.6) is 0 Å². The van der Waals surface area contributed by atoms with Crippen molar-refractivity contribution in [3.05, 3.63) is 53.1 Å². The maximum Gasteiger partial charge on any atom is 0.262 e. The third-order valence-corrected chi connectivity index (χ3v) is 2.45. The van der Waals surface area contributed by atoms with Crippen LogP contribution in [0.4, 0.5) is 0 Å². The summed E-state index contributed by atoms with van der Waals surface area (Å²) in [5.74, 6) is 0. The molecule has 0 saturated heterocycles. The van der Waals surface area contributed by atoms with Crippen molar-refractivity contribution in [3.8, 4) is 6.07 Å². The molecule has 0 bridgehead atoms. The lowest BCUT2D eigenvalue weighted by Gasteiger charge is -1.93.